The Morgan fingerprint density at radius 1 is 1.38 bits per heavy atom. The van der Waals surface area contributed by atoms with Gasteiger partial charge < -0.3 is 9.84 Å². The lowest BCUT2D eigenvalue weighted by Crippen LogP contribution is -2.00. The molecule has 4 heteroatoms. The lowest BCUT2D eigenvalue weighted by atomic mass is 10.2. The first kappa shape index (κ1) is 11.7. The van der Waals surface area contributed by atoms with Gasteiger partial charge in [-0.3, -0.25) is 4.79 Å². The van der Waals surface area contributed by atoms with Crippen LogP contribution >= 0.6 is 0 Å². The predicted molar refractivity (Wildman–Crippen MR) is 47.3 cm³/mol. The van der Waals surface area contributed by atoms with Crippen LogP contribution in [0, 0.1) is 0 Å². The lowest BCUT2D eigenvalue weighted by Gasteiger charge is -1.98. The quantitative estimate of drug-likeness (QED) is 0.400. The van der Waals surface area contributed by atoms with E-state index in [2.05, 4.69) is 4.74 Å². The Morgan fingerprint density at radius 2 is 2.00 bits per heavy atom. The summed E-state index contributed by atoms with van der Waals surface area (Å²) in [7, 11) is 0. The number of esters is 1. The molecule has 13 heavy (non-hydrogen) atoms. The summed E-state index contributed by atoms with van der Waals surface area (Å²) >= 11 is 0. The number of carboxylic acid groups (broad SMARTS) is 1. The number of carbonyl (C=O) groups is 2. The molecule has 0 saturated heterocycles. The van der Waals surface area contributed by atoms with E-state index in [4.69, 9.17) is 5.11 Å². The van der Waals surface area contributed by atoms with Crippen molar-refractivity contribution in [2.24, 2.45) is 0 Å². The Balaban J connectivity index is 3.50. The van der Waals surface area contributed by atoms with Crippen LogP contribution in [-0.2, 0) is 14.3 Å². The SMILES string of the molecule is CC(=O)OCCCC=C(C)C(=O)O. The zero-order valence-corrected chi connectivity index (χ0v) is 7.87. The zero-order valence-electron chi connectivity index (χ0n) is 7.87. The summed E-state index contributed by atoms with van der Waals surface area (Å²) in [6.07, 6.45) is 2.89. The lowest BCUT2D eigenvalue weighted by molar-refractivity contribution is -0.141. The Hall–Kier alpha value is -1.32. The van der Waals surface area contributed by atoms with Crippen molar-refractivity contribution in [3.05, 3.63) is 11.6 Å². The molecule has 0 aromatic rings. The average molecular weight is 186 g/mol. The number of ether oxygens (including phenoxy) is 1. The number of unbranched alkanes of at least 4 members (excludes halogenated alkanes) is 1. The van der Waals surface area contributed by atoms with E-state index in [0.29, 0.717) is 25.0 Å². The highest BCUT2D eigenvalue weighted by Crippen LogP contribution is 1.98. The summed E-state index contributed by atoms with van der Waals surface area (Å²) < 4.78 is 4.67. The van der Waals surface area contributed by atoms with Crippen molar-refractivity contribution >= 4 is 11.9 Å². The molecule has 0 spiro atoms. The number of aliphatic carboxylic acids is 1. The van der Waals surface area contributed by atoms with Gasteiger partial charge in [0.2, 0.25) is 0 Å². The second kappa shape index (κ2) is 6.22. The van der Waals surface area contributed by atoms with Crippen molar-refractivity contribution in [3.8, 4) is 0 Å². The van der Waals surface area contributed by atoms with Crippen LogP contribution in [0.25, 0.3) is 0 Å². The molecule has 0 aromatic heterocycles. The number of hydrogen-bond donors (Lipinski definition) is 1. The minimum absolute atomic E-state index is 0.307. The number of hydrogen-bond acceptors (Lipinski definition) is 3. The van der Waals surface area contributed by atoms with Gasteiger partial charge in [0.15, 0.2) is 0 Å². The number of carboxylic acids is 1. The largest absolute Gasteiger partial charge is 0.478 e. The van der Waals surface area contributed by atoms with Gasteiger partial charge in [0.05, 0.1) is 6.61 Å². The van der Waals surface area contributed by atoms with E-state index in [0.717, 1.165) is 0 Å². The third-order valence-electron chi connectivity index (χ3n) is 1.44. The van der Waals surface area contributed by atoms with Gasteiger partial charge in [-0.2, -0.15) is 0 Å². The standard InChI is InChI=1S/C9H14O4/c1-7(9(11)12)5-3-4-6-13-8(2)10/h5H,3-4,6H2,1-2H3,(H,11,12). The monoisotopic (exact) mass is 186 g/mol. The van der Waals surface area contributed by atoms with Crippen molar-refractivity contribution in [2.45, 2.75) is 26.7 Å². The molecule has 0 rings (SSSR count). The highest BCUT2D eigenvalue weighted by atomic mass is 16.5. The second-order valence-corrected chi connectivity index (χ2v) is 2.67. The second-order valence-electron chi connectivity index (χ2n) is 2.67. The van der Waals surface area contributed by atoms with Gasteiger partial charge in [-0.15, -0.1) is 0 Å². The first-order chi connectivity index (χ1) is 6.04. The van der Waals surface area contributed by atoms with Crippen LogP contribution in [0.4, 0.5) is 0 Å². The zero-order chi connectivity index (χ0) is 10.3. The van der Waals surface area contributed by atoms with E-state index in [9.17, 15) is 9.59 Å². The molecule has 0 bridgehead atoms. The minimum atomic E-state index is -0.910. The summed E-state index contributed by atoms with van der Waals surface area (Å²) in [6.45, 7) is 3.23. The smallest absolute Gasteiger partial charge is 0.330 e. The van der Waals surface area contributed by atoms with Crippen LogP contribution in [0.1, 0.15) is 26.7 Å². The number of allylic oxidation sites excluding steroid dienone is 1. The van der Waals surface area contributed by atoms with Gasteiger partial charge in [0.25, 0.3) is 0 Å². The van der Waals surface area contributed by atoms with E-state index >= 15 is 0 Å². The Labute approximate surface area is 77.2 Å². The van der Waals surface area contributed by atoms with E-state index in [-0.39, 0.29) is 5.97 Å². The van der Waals surface area contributed by atoms with E-state index < -0.39 is 5.97 Å². The molecule has 0 amide bonds. The number of rotatable bonds is 5. The van der Waals surface area contributed by atoms with Crippen molar-refractivity contribution in [1.29, 1.82) is 0 Å². The van der Waals surface area contributed by atoms with Gasteiger partial charge in [0.1, 0.15) is 0 Å². The Morgan fingerprint density at radius 3 is 2.46 bits per heavy atom. The fraction of sp³-hybridized carbons (Fsp3) is 0.556. The highest BCUT2D eigenvalue weighted by Gasteiger charge is 1.98. The summed E-state index contributed by atoms with van der Waals surface area (Å²) in [6, 6.07) is 0. The summed E-state index contributed by atoms with van der Waals surface area (Å²) in [5.74, 6) is -1.22. The first-order valence-corrected chi connectivity index (χ1v) is 4.07. The van der Waals surface area contributed by atoms with Crippen molar-refractivity contribution in [3.63, 3.8) is 0 Å². The third-order valence-corrected chi connectivity index (χ3v) is 1.44. The van der Waals surface area contributed by atoms with Crippen LogP contribution in [0.2, 0.25) is 0 Å². The molecule has 1 N–H and O–H groups in total. The van der Waals surface area contributed by atoms with Crippen LogP contribution in [-0.4, -0.2) is 23.7 Å². The molecule has 0 unspecified atom stereocenters. The molecular weight excluding hydrogens is 172 g/mol. The molecule has 0 aliphatic heterocycles. The predicted octanol–water partition coefficient (Wildman–Crippen LogP) is 1.36. The van der Waals surface area contributed by atoms with E-state index in [1.165, 1.54) is 13.8 Å². The molecule has 0 saturated carbocycles. The number of carbonyl (C=O) groups excluding carboxylic acids is 1. The molecule has 0 atom stereocenters. The fourth-order valence-electron chi connectivity index (χ4n) is 0.705. The average Bonchev–Trinajstić information content (AvgIpc) is 2.02. The maximum atomic E-state index is 10.3. The van der Waals surface area contributed by atoms with Gasteiger partial charge in [-0.05, 0) is 19.8 Å². The molecule has 4 nitrogen and oxygen atoms in total. The fourth-order valence-corrected chi connectivity index (χ4v) is 0.705. The van der Waals surface area contributed by atoms with Gasteiger partial charge in [0, 0.05) is 12.5 Å². The van der Waals surface area contributed by atoms with Gasteiger partial charge in [-0.25, -0.2) is 4.79 Å². The molecule has 0 fully saturated rings. The van der Waals surface area contributed by atoms with Crippen molar-refractivity contribution in [1.82, 2.24) is 0 Å². The van der Waals surface area contributed by atoms with Crippen LogP contribution in [0.5, 0.6) is 0 Å². The minimum Gasteiger partial charge on any atom is -0.478 e. The third kappa shape index (κ3) is 7.05. The van der Waals surface area contributed by atoms with Gasteiger partial charge in [-0.1, -0.05) is 6.08 Å². The molecule has 0 aliphatic rings. The highest BCUT2D eigenvalue weighted by molar-refractivity contribution is 5.85. The molecular formula is C9H14O4. The molecule has 0 radical (unpaired) electrons. The van der Waals surface area contributed by atoms with Crippen LogP contribution < -0.4 is 0 Å². The maximum absolute atomic E-state index is 10.3. The van der Waals surface area contributed by atoms with Crippen LogP contribution in [0.3, 0.4) is 0 Å². The normalized spacial score (nSPS) is 11.1. The van der Waals surface area contributed by atoms with Gasteiger partial charge >= 0.3 is 11.9 Å². The summed E-state index contributed by atoms with van der Waals surface area (Å²) in [5, 5.41) is 8.47. The van der Waals surface area contributed by atoms with E-state index in [1.54, 1.807) is 6.08 Å². The van der Waals surface area contributed by atoms with Crippen molar-refractivity contribution in [2.75, 3.05) is 6.61 Å². The molecule has 0 aromatic carbocycles. The molecule has 0 aliphatic carbocycles. The first-order valence-electron chi connectivity index (χ1n) is 4.07. The molecule has 74 valence electrons. The summed E-state index contributed by atoms with van der Waals surface area (Å²) in [5.41, 5.74) is 0.322. The topological polar surface area (TPSA) is 63.6 Å². The summed E-state index contributed by atoms with van der Waals surface area (Å²) in [4.78, 5) is 20.6. The van der Waals surface area contributed by atoms with E-state index in [1.807, 2.05) is 0 Å². The molecule has 0 heterocycles. The Kier molecular flexibility index (Phi) is 5.59. The maximum Gasteiger partial charge on any atom is 0.330 e. The van der Waals surface area contributed by atoms with Crippen molar-refractivity contribution < 1.29 is 19.4 Å². The van der Waals surface area contributed by atoms with Crippen LogP contribution in [0.15, 0.2) is 11.6 Å². The Bertz CT molecular complexity index is 218.